The van der Waals surface area contributed by atoms with Gasteiger partial charge in [-0.2, -0.15) is 0 Å². The molecule has 19 heavy (non-hydrogen) atoms. The van der Waals surface area contributed by atoms with E-state index < -0.39 is 0 Å². The van der Waals surface area contributed by atoms with Crippen molar-refractivity contribution < 1.29 is 4.79 Å². The molecule has 0 saturated heterocycles. The standard InChI is InChI=1S/C17H21NO/c19-17-13-8-6-4-2-1-3-5-7-10-15-11-9-12-16(14-15)18-17/h3-6,9,11-12,14H,1-2,7-8,10,13H2,(H,18,19)/b5-3-,6-4+. The summed E-state index contributed by atoms with van der Waals surface area (Å²) < 4.78 is 0. The molecule has 0 aromatic heterocycles. The van der Waals surface area contributed by atoms with Gasteiger partial charge in [-0.3, -0.25) is 4.79 Å². The zero-order valence-electron chi connectivity index (χ0n) is 11.3. The Balaban J connectivity index is 2.06. The summed E-state index contributed by atoms with van der Waals surface area (Å²) in [7, 11) is 0. The lowest BCUT2D eigenvalue weighted by atomic mass is 10.1. The number of allylic oxidation sites excluding steroid dienone is 4. The molecule has 0 spiro atoms. The highest BCUT2D eigenvalue weighted by Crippen LogP contribution is 2.13. The number of hydrogen-bond donors (Lipinski definition) is 1. The SMILES string of the molecule is O=C1CC/C=C/CC/C=C\CCc2cccc(c2)N1. The summed E-state index contributed by atoms with van der Waals surface area (Å²) in [6.45, 7) is 0. The fourth-order valence-corrected chi connectivity index (χ4v) is 2.16. The van der Waals surface area contributed by atoms with E-state index in [1.54, 1.807) is 0 Å². The smallest absolute Gasteiger partial charge is 0.224 e. The number of anilines is 1. The Labute approximate surface area is 115 Å². The fourth-order valence-electron chi connectivity index (χ4n) is 2.16. The molecule has 0 radical (unpaired) electrons. The van der Waals surface area contributed by atoms with Gasteiger partial charge in [0.15, 0.2) is 0 Å². The highest BCUT2D eigenvalue weighted by atomic mass is 16.1. The summed E-state index contributed by atoms with van der Waals surface area (Å²) in [5.41, 5.74) is 2.18. The minimum Gasteiger partial charge on any atom is -0.326 e. The van der Waals surface area contributed by atoms with Gasteiger partial charge in [0.1, 0.15) is 0 Å². The summed E-state index contributed by atoms with van der Waals surface area (Å²) >= 11 is 0. The van der Waals surface area contributed by atoms with Crippen LogP contribution in [0.3, 0.4) is 0 Å². The van der Waals surface area contributed by atoms with Crippen LogP contribution in [0.25, 0.3) is 0 Å². The first-order valence-corrected chi connectivity index (χ1v) is 7.03. The lowest BCUT2D eigenvalue weighted by Gasteiger charge is -2.06. The van der Waals surface area contributed by atoms with Crippen LogP contribution >= 0.6 is 0 Å². The maximum atomic E-state index is 11.8. The number of amides is 1. The molecule has 2 heteroatoms. The van der Waals surface area contributed by atoms with Gasteiger partial charge in [-0.1, -0.05) is 36.4 Å². The molecule has 1 amide bonds. The summed E-state index contributed by atoms with van der Waals surface area (Å²) in [6, 6.07) is 8.14. The van der Waals surface area contributed by atoms with Crippen LogP contribution < -0.4 is 5.32 Å². The van der Waals surface area contributed by atoms with Crippen molar-refractivity contribution in [2.24, 2.45) is 0 Å². The largest absolute Gasteiger partial charge is 0.326 e. The van der Waals surface area contributed by atoms with Gasteiger partial charge in [0, 0.05) is 12.1 Å². The van der Waals surface area contributed by atoms with Crippen LogP contribution in [0.2, 0.25) is 0 Å². The molecule has 100 valence electrons. The van der Waals surface area contributed by atoms with E-state index >= 15 is 0 Å². The molecule has 0 fully saturated rings. The van der Waals surface area contributed by atoms with E-state index in [0.29, 0.717) is 6.42 Å². The predicted octanol–water partition coefficient (Wildman–Crippen LogP) is 4.24. The van der Waals surface area contributed by atoms with E-state index in [4.69, 9.17) is 0 Å². The Hall–Kier alpha value is -1.83. The van der Waals surface area contributed by atoms with Gasteiger partial charge in [-0.25, -0.2) is 0 Å². The number of fused-ring (bicyclic) bond motifs is 2. The van der Waals surface area contributed by atoms with Crippen LogP contribution in [0.15, 0.2) is 48.6 Å². The van der Waals surface area contributed by atoms with Gasteiger partial charge in [0.2, 0.25) is 5.91 Å². The topological polar surface area (TPSA) is 29.1 Å². The molecule has 0 atom stereocenters. The van der Waals surface area contributed by atoms with Crippen molar-refractivity contribution in [1.82, 2.24) is 0 Å². The first kappa shape index (κ1) is 13.6. The Kier molecular flexibility index (Phi) is 5.42. The van der Waals surface area contributed by atoms with Crippen molar-refractivity contribution in [3.05, 3.63) is 54.1 Å². The van der Waals surface area contributed by atoms with Gasteiger partial charge < -0.3 is 5.32 Å². The molecular formula is C17H21NO. The normalized spacial score (nSPS) is 20.7. The number of benzene rings is 1. The monoisotopic (exact) mass is 255 g/mol. The van der Waals surface area contributed by atoms with Crippen molar-refractivity contribution in [2.45, 2.75) is 38.5 Å². The third-order valence-corrected chi connectivity index (χ3v) is 3.18. The summed E-state index contributed by atoms with van der Waals surface area (Å²) in [4.78, 5) is 11.8. The van der Waals surface area contributed by atoms with Crippen molar-refractivity contribution in [1.29, 1.82) is 0 Å². The lowest BCUT2D eigenvalue weighted by molar-refractivity contribution is -0.116. The Bertz CT molecular complexity index is 474. The first-order chi connectivity index (χ1) is 9.34. The molecule has 0 saturated carbocycles. The molecule has 1 aliphatic heterocycles. The molecule has 1 N–H and O–H groups in total. The van der Waals surface area contributed by atoms with Gasteiger partial charge in [0.25, 0.3) is 0 Å². The second kappa shape index (κ2) is 7.57. The summed E-state index contributed by atoms with van der Waals surface area (Å²) in [6.07, 6.45) is 14.4. The predicted molar refractivity (Wildman–Crippen MR) is 80.1 cm³/mol. The summed E-state index contributed by atoms with van der Waals surface area (Å²) in [5.74, 6) is 0.0924. The van der Waals surface area contributed by atoms with Crippen molar-refractivity contribution in [2.75, 3.05) is 5.32 Å². The van der Waals surface area contributed by atoms with Gasteiger partial charge in [-0.05, 0) is 49.8 Å². The molecule has 2 rings (SSSR count). The van der Waals surface area contributed by atoms with Crippen molar-refractivity contribution in [3.63, 3.8) is 0 Å². The molecule has 2 bridgehead atoms. The van der Waals surface area contributed by atoms with E-state index in [0.717, 1.165) is 37.8 Å². The minimum atomic E-state index is 0.0924. The van der Waals surface area contributed by atoms with E-state index in [2.05, 4.69) is 41.8 Å². The van der Waals surface area contributed by atoms with E-state index in [1.165, 1.54) is 5.56 Å². The van der Waals surface area contributed by atoms with Gasteiger partial charge in [0.05, 0.1) is 0 Å². The van der Waals surface area contributed by atoms with Gasteiger partial charge in [-0.15, -0.1) is 0 Å². The number of hydrogen-bond acceptors (Lipinski definition) is 1. The second-order valence-electron chi connectivity index (χ2n) is 4.85. The highest BCUT2D eigenvalue weighted by Gasteiger charge is 2.02. The van der Waals surface area contributed by atoms with Gasteiger partial charge >= 0.3 is 0 Å². The maximum absolute atomic E-state index is 11.8. The first-order valence-electron chi connectivity index (χ1n) is 7.03. The average molecular weight is 255 g/mol. The van der Waals surface area contributed by atoms with E-state index in [1.807, 2.05) is 12.1 Å². The van der Waals surface area contributed by atoms with E-state index in [9.17, 15) is 4.79 Å². The molecule has 0 aliphatic carbocycles. The lowest BCUT2D eigenvalue weighted by Crippen LogP contribution is -2.10. The molecule has 2 nitrogen and oxygen atoms in total. The quantitative estimate of drug-likeness (QED) is 0.690. The number of carbonyl (C=O) groups excluding carboxylic acids is 1. The van der Waals surface area contributed by atoms with Crippen molar-refractivity contribution in [3.8, 4) is 0 Å². The van der Waals surface area contributed by atoms with Crippen LogP contribution in [-0.4, -0.2) is 5.91 Å². The highest BCUT2D eigenvalue weighted by molar-refractivity contribution is 5.90. The molecule has 1 aromatic rings. The molecule has 1 aromatic carbocycles. The zero-order chi connectivity index (χ0) is 13.3. The molecule has 1 heterocycles. The Morgan fingerprint density at radius 2 is 1.53 bits per heavy atom. The molecule has 0 unspecified atom stereocenters. The second-order valence-corrected chi connectivity index (χ2v) is 4.85. The number of carbonyl (C=O) groups is 1. The van der Waals surface area contributed by atoms with Crippen LogP contribution in [-0.2, 0) is 11.2 Å². The third-order valence-electron chi connectivity index (χ3n) is 3.18. The van der Waals surface area contributed by atoms with Crippen LogP contribution in [0.5, 0.6) is 0 Å². The van der Waals surface area contributed by atoms with E-state index in [-0.39, 0.29) is 5.91 Å². The Morgan fingerprint density at radius 1 is 0.842 bits per heavy atom. The number of aryl methyl sites for hydroxylation is 1. The zero-order valence-corrected chi connectivity index (χ0v) is 11.3. The third kappa shape index (κ3) is 5.12. The maximum Gasteiger partial charge on any atom is 0.224 e. The fraction of sp³-hybridized carbons (Fsp3) is 0.353. The minimum absolute atomic E-state index is 0.0924. The van der Waals surface area contributed by atoms with Crippen LogP contribution in [0, 0.1) is 0 Å². The number of rotatable bonds is 0. The summed E-state index contributed by atoms with van der Waals surface area (Å²) in [5, 5.41) is 2.96. The van der Waals surface area contributed by atoms with Crippen LogP contribution in [0.4, 0.5) is 5.69 Å². The van der Waals surface area contributed by atoms with Crippen molar-refractivity contribution >= 4 is 11.6 Å². The molecular weight excluding hydrogens is 234 g/mol. The number of nitrogens with one attached hydrogen (secondary N) is 1. The Morgan fingerprint density at radius 3 is 2.32 bits per heavy atom. The molecule has 1 aliphatic rings. The average Bonchev–Trinajstić information content (AvgIpc) is 2.41. The van der Waals surface area contributed by atoms with Crippen LogP contribution in [0.1, 0.15) is 37.7 Å².